The molecule has 1 saturated carbocycles. The Balaban J connectivity index is 1.73. The molecule has 0 amide bonds. The van der Waals surface area contributed by atoms with E-state index in [1.807, 2.05) is 11.8 Å². The van der Waals surface area contributed by atoms with E-state index < -0.39 is 0 Å². The molecule has 1 fully saturated rings. The fourth-order valence-corrected chi connectivity index (χ4v) is 3.87. The third-order valence-corrected chi connectivity index (χ3v) is 5.03. The van der Waals surface area contributed by atoms with Gasteiger partial charge in [-0.15, -0.1) is 0 Å². The first kappa shape index (κ1) is 12.1. The second-order valence-electron chi connectivity index (χ2n) is 5.54. The van der Waals surface area contributed by atoms with Gasteiger partial charge in [0.05, 0.1) is 6.54 Å². The SMILES string of the molecule is Cc1cc(C)c(NC2=NCC(C3CC3)S2)c(C)c1. The third kappa shape index (κ3) is 2.41. The minimum absolute atomic E-state index is 0.735. The monoisotopic (exact) mass is 260 g/mol. The van der Waals surface area contributed by atoms with Crippen LogP contribution in [0.4, 0.5) is 5.69 Å². The summed E-state index contributed by atoms with van der Waals surface area (Å²) in [7, 11) is 0. The summed E-state index contributed by atoms with van der Waals surface area (Å²) in [6, 6.07) is 4.46. The second-order valence-corrected chi connectivity index (χ2v) is 6.77. The number of aliphatic imine (C=N–C) groups is 1. The number of nitrogens with zero attached hydrogens (tertiary/aromatic N) is 1. The van der Waals surface area contributed by atoms with Crippen LogP contribution in [0.15, 0.2) is 17.1 Å². The fourth-order valence-electron chi connectivity index (χ4n) is 2.66. The van der Waals surface area contributed by atoms with Gasteiger partial charge < -0.3 is 5.32 Å². The first-order valence-electron chi connectivity index (χ1n) is 6.69. The number of nitrogens with one attached hydrogen (secondary N) is 1. The van der Waals surface area contributed by atoms with Crippen LogP contribution in [0.5, 0.6) is 0 Å². The summed E-state index contributed by atoms with van der Waals surface area (Å²) < 4.78 is 0. The molecule has 1 aromatic carbocycles. The highest BCUT2D eigenvalue weighted by Crippen LogP contribution is 2.42. The molecule has 1 aromatic rings. The van der Waals surface area contributed by atoms with Crippen LogP contribution in [-0.4, -0.2) is 17.0 Å². The molecular weight excluding hydrogens is 240 g/mol. The van der Waals surface area contributed by atoms with E-state index >= 15 is 0 Å². The summed E-state index contributed by atoms with van der Waals surface area (Å²) >= 11 is 1.94. The van der Waals surface area contributed by atoms with Crippen molar-refractivity contribution in [1.29, 1.82) is 0 Å². The molecule has 18 heavy (non-hydrogen) atoms. The van der Waals surface area contributed by atoms with Gasteiger partial charge in [0, 0.05) is 10.9 Å². The van der Waals surface area contributed by atoms with Gasteiger partial charge in [0.2, 0.25) is 0 Å². The van der Waals surface area contributed by atoms with Crippen LogP contribution in [0.2, 0.25) is 0 Å². The maximum Gasteiger partial charge on any atom is 0.161 e. The highest BCUT2D eigenvalue weighted by atomic mass is 32.2. The van der Waals surface area contributed by atoms with E-state index in [-0.39, 0.29) is 0 Å². The molecule has 1 aliphatic heterocycles. The Bertz CT molecular complexity index is 480. The molecule has 3 heteroatoms. The lowest BCUT2D eigenvalue weighted by atomic mass is 10.1. The van der Waals surface area contributed by atoms with Gasteiger partial charge in [-0.1, -0.05) is 29.5 Å². The van der Waals surface area contributed by atoms with Gasteiger partial charge in [-0.2, -0.15) is 0 Å². The number of hydrogen-bond acceptors (Lipinski definition) is 3. The van der Waals surface area contributed by atoms with Gasteiger partial charge in [-0.25, -0.2) is 0 Å². The number of benzene rings is 1. The van der Waals surface area contributed by atoms with Gasteiger partial charge in [0.25, 0.3) is 0 Å². The second kappa shape index (κ2) is 4.61. The molecule has 1 aliphatic carbocycles. The summed E-state index contributed by atoms with van der Waals surface area (Å²) in [6.45, 7) is 7.48. The normalized spacial score (nSPS) is 23.1. The molecular formula is C15H20N2S. The van der Waals surface area contributed by atoms with Crippen molar-refractivity contribution in [2.75, 3.05) is 11.9 Å². The zero-order chi connectivity index (χ0) is 12.7. The lowest BCUT2D eigenvalue weighted by Gasteiger charge is -2.14. The Morgan fingerprint density at radius 1 is 1.17 bits per heavy atom. The number of hydrogen-bond donors (Lipinski definition) is 1. The molecule has 1 unspecified atom stereocenters. The summed E-state index contributed by atoms with van der Waals surface area (Å²) in [5.74, 6) is 0.929. The van der Waals surface area contributed by atoms with Crippen LogP contribution in [0, 0.1) is 26.7 Å². The van der Waals surface area contributed by atoms with E-state index in [0.717, 1.165) is 22.9 Å². The summed E-state index contributed by atoms with van der Waals surface area (Å²) in [6.07, 6.45) is 2.81. The fraction of sp³-hybridized carbons (Fsp3) is 0.533. The van der Waals surface area contributed by atoms with E-state index in [1.54, 1.807) is 0 Å². The van der Waals surface area contributed by atoms with Crippen molar-refractivity contribution in [1.82, 2.24) is 0 Å². The van der Waals surface area contributed by atoms with E-state index in [9.17, 15) is 0 Å². The Morgan fingerprint density at radius 2 is 1.83 bits per heavy atom. The molecule has 1 heterocycles. The zero-order valence-electron chi connectivity index (χ0n) is 11.3. The van der Waals surface area contributed by atoms with Crippen LogP contribution < -0.4 is 5.32 Å². The standard InChI is InChI=1S/C15H20N2S/c1-9-6-10(2)14(11(3)7-9)17-15-16-8-13(18-15)12-4-5-12/h6-7,12-13H,4-5,8H2,1-3H3,(H,16,17). The van der Waals surface area contributed by atoms with Crippen molar-refractivity contribution in [3.05, 3.63) is 28.8 Å². The number of amidine groups is 1. The molecule has 0 spiro atoms. The Kier molecular flexibility index (Phi) is 3.10. The average molecular weight is 260 g/mol. The molecule has 0 aromatic heterocycles. The van der Waals surface area contributed by atoms with E-state index in [1.165, 1.54) is 35.2 Å². The largest absolute Gasteiger partial charge is 0.335 e. The van der Waals surface area contributed by atoms with Crippen molar-refractivity contribution < 1.29 is 0 Å². The topological polar surface area (TPSA) is 24.4 Å². The van der Waals surface area contributed by atoms with Crippen LogP contribution in [-0.2, 0) is 0 Å². The van der Waals surface area contributed by atoms with Crippen LogP contribution in [0.1, 0.15) is 29.5 Å². The molecule has 1 N–H and O–H groups in total. The Morgan fingerprint density at radius 3 is 2.44 bits per heavy atom. The summed E-state index contributed by atoms with van der Waals surface area (Å²) in [5.41, 5.74) is 5.19. The van der Waals surface area contributed by atoms with Crippen LogP contribution in [0.25, 0.3) is 0 Å². The molecule has 2 aliphatic rings. The Hall–Kier alpha value is -0.960. The van der Waals surface area contributed by atoms with Crippen molar-refractivity contribution >= 4 is 22.6 Å². The predicted molar refractivity (Wildman–Crippen MR) is 80.7 cm³/mol. The average Bonchev–Trinajstić information content (AvgIpc) is 3.04. The van der Waals surface area contributed by atoms with E-state index in [2.05, 4.69) is 43.2 Å². The maximum atomic E-state index is 4.65. The highest BCUT2D eigenvalue weighted by molar-refractivity contribution is 8.15. The summed E-state index contributed by atoms with van der Waals surface area (Å²) in [4.78, 5) is 4.65. The maximum absolute atomic E-state index is 4.65. The van der Waals surface area contributed by atoms with Crippen molar-refractivity contribution in [3.63, 3.8) is 0 Å². The van der Waals surface area contributed by atoms with Crippen molar-refractivity contribution in [2.45, 2.75) is 38.9 Å². The number of rotatable bonds is 2. The third-order valence-electron chi connectivity index (χ3n) is 3.73. The molecule has 0 saturated heterocycles. The van der Waals surface area contributed by atoms with Crippen LogP contribution >= 0.6 is 11.8 Å². The van der Waals surface area contributed by atoms with Gasteiger partial charge in [-0.05, 0) is 50.7 Å². The first-order chi connectivity index (χ1) is 8.63. The minimum atomic E-state index is 0.735. The smallest absolute Gasteiger partial charge is 0.161 e. The first-order valence-corrected chi connectivity index (χ1v) is 7.57. The van der Waals surface area contributed by atoms with E-state index in [0.29, 0.717) is 0 Å². The van der Waals surface area contributed by atoms with Crippen LogP contribution in [0.3, 0.4) is 0 Å². The minimum Gasteiger partial charge on any atom is -0.335 e. The lowest BCUT2D eigenvalue weighted by molar-refractivity contribution is 0.773. The predicted octanol–water partition coefficient (Wildman–Crippen LogP) is 3.91. The van der Waals surface area contributed by atoms with Crippen molar-refractivity contribution in [3.8, 4) is 0 Å². The van der Waals surface area contributed by atoms with Gasteiger partial charge in [-0.3, -0.25) is 4.99 Å². The molecule has 2 nitrogen and oxygen atoms in total. The number of aryl methyl sites for hydroxylation is 3. The zero-order valence-corrected chi connectivity index (χ0v) is 12.1. The highest BCUT2D eigenvalue weighted by Gasteiger charge is 2.35. The van der Waals surface area contributed by atoms with E-state index in [4.69, 9.17) is 0 Å². The summed E-state index contributed by atoms with van der Waals surface area (Å²) in [5, 5.41) is 5.38. The van der Waals surface area contributed by atoms with Gasteiger partial charge in [0.15, 0.2) is 5.17 Å². The lowest BCUT2D eigenvalue weighted by Crippen LogP contribution is -2.10. The van der Waals surface area contributed by atoms with Gasteiger partial charge in [0.1, 0.15) is 0 Å². The molecule has 96 valence electrons. The quantitative estimate of drug-likeness (QED) is 0.872. The molecule has 3 rings (SSSR count). The Labute approximate surface area is 113 Å². The molecule has 0 radical (unpaired) electrons. The molecule has 1 atom stereocenters. The van der Waals surface area contributed by atoms with Gasteiger partial charge >= 0.3 is 0 Å². The van der Waals surface area contributed by atoms with Crippen molar-refractivity contribution in [2.24, 2.45) is 10.9 Å². The molecule has 0 bridgehead atoms. The number of thioether (sulfide) groups is 1. The number of anilines is 1.